The standard InChI is InChI=1S/C5H8N3/c1-5-3-4-8(2)7-6-5/h3-4H,1-2H3. The predicted molar refractivity (Wildman–Crippen MR) is 30.7 cm³/mol. The first-order valence-corrected chi connectivity index (χ1v) is 2.45. The summed E-state index contributed by atoms with van der Waals surface area (Å²) in [5.41, 5.74) is 0. The molecule has 1 radical (unpaired) electrons. The van der Waals surface area contributed by atoms with Crippen molar-refractivity contribution in [1.82, 2.24) is 5.01 Å². The molecule has 8 heavy (non-hydrogen) atoms. The topological polar surface area (TPSA) is 28.0 Å². The summed E-state index contributed by atoms with van der Waals surface area (Å²) >= 11 is 0. The third kappa shape index (κ3) is 1.05. The zero-order chi connectivity index (χ0) is 5.98. The Balaban J connectivity index is 2.54. The van der Waals surface area contributed by atoms with E-state index in [4.69, 9.17) is 0 Å². The molecule has 0 N–H and O–H groups in total. The van der Waals surface area contributed by atoms with E-state index in [1.165, 1.54) is 0 Å². The van der Waals surface area contributed by atoms with E-state index in [1.807, 2.05) is 26.2 Å². The quantitative estimate of drug-likeness (QED) is 0.462. The second kappa shape index (κ2) is 1.94. The molecule has 0 amide bonds. The first kappa shape index (κ1) is 5.28. The molecule has 1 aliphatic rings. The predicted octanol–water partition coefficient (Wildman–Crippen LogP) is 1.36. The molecule has 0 atom stereocenters. The summed E-state index contributed by atoms with van der Waals surface area (Å²) < 4.78 is 0. The number of rotatable bonds is 0. The molecule has 0 saturated heterocycles. The summed E-state index contributed by atoms with van der Waals surface area (Å²) in [6.07, 6.45) is 3.77. The minimum Gasteiger partial charge on any atom is -0.258 e. The monoisotopic (exact) mass is 110 g/mol. The van der Waals surface area contributed by atoms with Gasteiger partial charge < -0.3 is 0 Å². The second-order valence-electron chi connectivity index (χ2n) is 1.72. The van der Waals surface area contributed by atoms with Gasteiger partial charge in [-0.15, -0.1) is 0 Å². The van der Waals surface area contributed by atoms with Crippen LogP contribution in [0.2, 0.25) is 0 Å². The summed E-state index contributed by atoms with van der Waals surface area (Å²) in [6.45, 7) is 1.91. The van der Waals surface area contributed by atoms with Gasteiger partial charge in [0.15, 0.2) is 0 Å². The minimum atomic E-state index is 0.947. The van der Waals surface area contributed by atoms with Crippen LogP contribution in [0.4, 0.5) is 0 Å². The van der Waals surface area contributed by atoms with Gasteiger partial charge in [-0.25, -0.2) is 0 Å². The third-order valence-electron chi connectivity index (χ3n) is 0.875. The summed E-state index contributed by atoms with van der Waals surface area (Å²) in [7, 11) is 1.84. The van der Waals surface area contributed by atoms with Gasteiger partial charge in [-0.2, -0.15) is 5.11 Å². The largest absolute Gasteiger partial charge is 0.258 e. The maximum absolute atomic E-state index is 3.79. The van der Waals surface area contributed by atoms with Crippen LogP contribution in [0.1, 0.15) is 6.92 Å². The zero-order valence-corrected chi connectivity index (χ0v) is 5.00. The van der Waals surface area contributed by atoms with Crippen LogP contribution in [0.25, 0.3) is 0 Å². The van der Waals surface area contributed by atoms with Crippen LogP contribution >= 0.6 is 0 Å². The van der Waals surface area contributed by atoms with Gasteiger partial charge >= 0.3 is 0 Å². The van der Waals surface area contributed by atoms with Gasteiger partial charge in [0.1, 0.15) is 6.04 Å². The van der Waals surface area contributed by atoms with Gasteiger partial charge in [-0.05, 0) is 13.0 Å². The molecule has 0 aromatic rings. The molecule has 1 aliphatic heterocycles. The molecule has 0 aromatic carbocycles. The van der Waals surface area contributed by atoms with Crippen molar-refractivity contribution in [3.63, 3.8) is 0 Å². The highest BCUT2D eigenvalue weighted by atomic mass is 15.5. The molecule has 43 valence electrons. The number of hydrogen-bond donors (Lipinski definition) is 0. The molecule has 0 unspecified atom stereocenters. The van der Waals surface area contributed by atoms with E-state index < -0.39 is 0 Å². The van der Waals surface area contributed by atoms with Crippen molar-refractivity contribution in [2.75, 3.05) is 7.05 Å². The average molecular weight is 110 g/mol. The van der Waals surface area contributed by atoms with Crippen LogP contribution in [-0.2, 0) is 0 Å². The minimum absolute atomic E-state index is 0.947. The Bertz CT molecular complexity index is 99.6. The lowest BCUT2D eigenvalue weighted by atomic mass is 10.3. The molecule has 3 heteroatoms. The van der Waals surface area contributed by atoms with Crippen LogP contribution in [0.5, 0.6) is 0 Å². The maximum atomic E-state index is 3.79. The fourth-order valence-corrected chi connectivity index (χ4v) is 0.420. The zero-order valence-electron chi connectivity index (χ0n) is 5.00. The Kier molecular flexibility index (Phi) is 1.28. The Morgan fingerprint density at radius 1 is 1.62 bits per heavy atom. The molecule has 0 bridgehead atoms. The van der Waals surface area contributed by atoms with E-state index in [-0.39, 0.29) is 0 Å². The van der Waals surface area contributed by atoms with E-state index in [9.17, 15) is 0 Å². The van der Waals surface area contributed by atoms with Gasteiger partial charge in [-0.3, -0.25) is 5.01 Å². The van der Waals surface area contributed by atoms with Gasteiger partial charge in [0, 0.05) is 13.2 Å². The number of hydrogen-bond acceptors (Lipinski definition) is 3. The summed E-state index contributed by atoms with van der Waals surface area (Å²) in [5.74, 6) is 0. The molecule has 0 spiro atoms. The Morgan fingerprint density at radius 3 is 2.75 bits per heavy atom. The van der Waals surface area contributed by atoms with E-state index in [0.29, 0.717) is 0 Å². The molecular formula is C5H8N3. The molecule has 0 aliphatic carbocycles. The van der Waals surface area contributed by atoms with Crippen LogP contribution in [0.3, 0.4) is 0 Å². The van der Waals surface area contributed by atoms with Crippen LogP contribution in [0, 0.1) is 6.04 Å². The maximum Gasteiger partial charge on any atom is 0.131 e. The summed E-state index contributed by atoms with van der Waals surface area (Å²) in [4.78, 5) is 0. The lowest BCUT2D eigenvalue weighted by molar-refractivity contribution is 0.435. The smallest absolute Gasteiger partial charge is 0.131 e. The van der Waals surface area contributed by atoms with Crippen LogP contribution in [0.15, 0.2) is 22.6 Å². The highest BCUT2D eigenvalue weighted by molar-refractivity contribution is 5.05. The molecule has 3 nitrogen and oxygen atoms in total. The van der Waals surface area contributed by atoms with Crippen molar-refractivity contribution >= 4 is 0 Å². The van der Waals surface area contributed by atoms with E-state index in [0.717, 1.165) is 6.04 Å². The van der Waals surface area contributed by atoms with Crippen LogP contribution < -0.4 is 0 Å². The molecular weight excluding hydrogens is 102 g/mol. The van der Waals surface area contributed by atoms with Crippen molar-refractivity contribution in [3.05, 3.63) is 18.3 Å². The van der Waals surface area contributed by atoms with Gasteiger partial charge in [0.05, 0.1) is 0 Å². The third-order valence-corrected chi connectivity index (χ3v) is 0.875. The van der Waals surface area contributed by atoms with Crippen molar-refractivity contribution in [2.24, 2.45) is 10.3 Å². The van der Waals surface area contributed by atoms with Crippen molar-refractivity contribution in [2.45, 2.75) is 6.92 Å². The van der Waals surface area contributed by atoms with E-state index >= 15 is 0 Å². The number of nitrogens with zero attached hydrogens (tertiary/aromatic N) is 3. The molecule has 1 heterocycles. The van der Waals surface area contributed by atoms with Gasteiger partial charge in [0.25, 0.3) is 0 Å². The molecule has 0 saturated carbocycles. The first-order chi connectivity index (χ1) is 3.79. The fourth-order valence-electron chi connectivity index (χ4n) is 0.420. The van der Waals surface area contributed by atoms with Gasteiger partial charge in [0.2, 0.25) is 0 Å². The van der Waals surface area contributed by atoms with Crippen molar-refractivity contribution < 1.29 is 0 Å². The van der Waals surface area contributed by atoms with E-state index in [1.54, 1.807) is 5.01 Å². The SMILES string of the molecule is C[C]1C=CN(C)N=N1. The highest BCUT2D eigenvalue weighted by Crippen LogP contribution is 2.08. The van der Waals surface area contributed by atoms with E-state index in [2.05, 4.69) is 10.3 Å². The lowest BCUT2D eigenvalue weighted by Gasteiger charge is -2.09. The second-order valence-corrected chi connectivity index (χ2v) is 1.72. The Hall–Kier alpha value is -0.860. The Morgan fingerprint density at radius 2 is 2.38 bits per heavy atom. The van der Waals surface area contributed by atoms with Crippen molar-refractivity contribution in [3.8, 4) is 0 Å². The average Bonchev–Trinajstić information content (AvgIpc) is 1.77. The fraction of sp³-hybridized carbons (Fsp3) is 0.400. The lowest BCUT2D eigenvalue weighted by Crippen LogP contribution is -2.04. The van der Waals surface area contributed by atoms with Gasteiger partial charge in [-0.1, -0.05) is 5.22 Å². The summed E-state index contributed by atoms with van der Waals surface area (Å²) in [6, 6.07) is 0.947. The molecule has 0 fully saturated rings. The molecule has 1 rings (SSSR count). The Labute approximate surface area is 48.7 Å². The van der Waals surface area contributed by atoms with Crippen molar-refractivity contribution in [1.29, 1.82) is 0 Å². The normalized spacial score (nSPS) is 20.0. The highest BCUT2D eigenvalue weighted by Gasteiger charge is 1.98. The molecule has 0 aromatic heterocycles. The van der Waals surface area contributed by atoms with Crippen LogP contribution in [-0.4, -0.2) is 12.1 Å². The first-order valence-electron chi connectivity index (χ1n) is 2.45. The summed E-state index contributed by atoms with van der Waals surface area (Å²) in [5, 5.41) is 9.20.